The molecule has 2 aliphatic rings. The summed E-state index contributed by atoms with van der Waals surface area (Å²) in [7, 11) is 0. The van der Waals surface area contributed by atoms with Gasteiger partial charge in [-0.1, -0.05) is 37.5 Å². The number of nitrogens with one attached hydrogen (secondary N) is 1. The van der Waals surface area contributed by atoms with E-state index in [4.69, 9.17) is 0 Å². The number of carbonyl (C=O) groups excluding carboxylic acids is 1. The van der Waals surface area contributed by atoms with Gasteiger partial charge in [0.1, 0.15) is 6.17 Å². The summed E-state index contributed by atoms with van der Waals surface area (Å²) in [6, 6.07) is 5.53. The fourth-order valence-corrected chi connectivity index (χ4v) is 3.87. The standard InChI is InChI=1S/C17H21F3N2O/c1-2-22-14(12-8-4-5-9-13(12)17(18,19)20)21-16(15(22)23)10-6-3-7-11-16/h4-5,8-9,14,21H,2-3,6-7,10-11H2,1H3. The Balaban J connectivity index is 2.01. The lowest BCUT2D eigenvalue weighted by molar-refractivity contribution is -0.140. The van der Waals surface area contributed by atoms with Crippen molar-refractivity contribution in [1.29, 1.82) is 0 Å². The molecule has 3 rings (SSSR count). The van der Waals surface area contributed by atoms with Gasteiger partial charge in [0.15, 0.2) is 0 Å². The van der Waals surface area contributed by atoms with Crippen LogP contribution in [0.3, 0.4) is 0 Å². The minimum atomic E-state index is -4.43. The Kier molecular flexibility index (Phi) is 4.12. The molecule has 1 saturated heterocycles. The van der Waals surface area contributed by atoms with Gasteiger partial charge in [0, 0.05) is 12.1 Å². The number of benzene rings is 1. The molecule has 1 N–H and O–H groups in total. The highest BCUT2D eigenvalue weighted by molar-refractivity contribution is 5.89. The van der Waals surface area contributed by atoms with Gasteiger partial charge in [-0.25, -0.2) is 0 Å². The Morgan fingerprint density at radius 2 is 1.87 bits per heavy atom. The number of nitrogens with zero attached hydrogens (tertiary/aromatic N) is 1. The third-order valence-electron chi connectivity index (χ3n) is 5.00. The van der Waals surface area contributed by atoms with Gasteiger partial charge in [-0.05, 0) is 25.8 Å². The largest absolute Gasteiger partial charge is 0.416 e. The zero-order valence-electron chi connectivity index (χ0n) is 13.1. The third kappa shape index (κ3) is 2.73. The Bertz CT molecular complexity index is 594. The second-order valence-corrected chi connectivity index (χ2v) is 6.37. The molecule has 0 aromatic heterocycles. The van der Waals surface area contributed by atoms with Gasteiger partial charge in [0.25, 0.3) is 0 Å². The van der Waals surface area contributed by atoms with Crippen LogP contribution in [-0.2, 0) is 11.0 Å². The topological polar surface area (TPSA) is 32.3 Å². The number of likely N-dealkylation sites (N-methyl/N-ethyl adjacent to an activating group) is 1. The smallest absolute Gasteiger partial charge is 0.322 e. The molecular weight excluding hydrogens is 305 g/mol. The van der Waals surface area contributed by atoms with Crippen molar-refractivity contribution in [1.82, 2.24) is 10.2 Å². The number of alkyl halides is 3. The lowest BCUT2D eigenvalue weighted by Crippen LogP contribution is -2.48. The molecule has 0 bridgehead atoms. The predicted molar refractivity (Wildman–Crippen MR) is 80.5 cm³/mol. The predicted octanol–water partition coefficient (Wildman–Crippen LogP) is 3.86. The van der Waals surface area contributed by atoms with Gasteiger partial charge in [0.05, 0.1) is 11.1 Å². The highest BCUT2D eigenvalue weighted by Crippen LogP contribution is 2.42. The Morgan fingerprint density at radius 3 is 2.48 bits per heavy atom. The maximum atomic E-state index is 13.3. The number of halogens is 3. The Morgan fingerprint density at radius 1 is 1.22 bits per heavy atom. The first kappa shape index (κ1) is 16.3. The highest BCUT2D eigenvalue weighted by atomic mass is 19.4. The van der Waals surface area contributed by atoms with Crippen molar-refractivity contribution >= 4 is 5.91 Å². The van der Waals surface area contributed by atoms with Crippen molar-refractivity contribution in [3.63, 3.8) is 0 Å². The molecule has 1 heterocycles. The van der Waals surface area contributed by atoms with Crippen molar-refractivity contribution in [2.24, 2.45) is 0 Å². The van der Waals surface area contributed by atoms with Gasteiger partial charge in [-0.15, -0.1) is 0 Å². The zero-order chi connectivity index (χ0) is 16.7. The molecule has 126 valence electrons. The van der Waals surface area contributed by atoms with Gasteiger partial charge in [-0.3, -0.25) is 10.1 Å². The van der Waals surface area contributed by atoms with Crippen LogP contribution < -0.4 is 5.32 Å². The molecule has 1 unspecified atom stereocenters. The van der Waals surface area contributed by atoms with E-state index in [0.717, 1.165) is 25.3 Å². The molecule has 2 fully saturated rings. The van der Waals surface area contributed by atoms with Crippen molar-refractivity contribution < 1.29 is 18.0 Å². The van der Waals surface area contributed by atoms with E-state index in [1.54, 1.807) is 11.0 Å². The fourth-order valence-electron chi connectivity index (χ4n) is 3.87. The van der Waals surface area contributed by atoms with Gasteiger partial charge in [-0.2, -0.15) is 13.2 Å². The van der Waals surface area contributed by atoms with Crippen LogP contribution in [0.1, 0.15) is 56.3 Å². The number of hydrogen-bond acceptors (Lipinski definition) is 2. The molecule has 1 spiro atoms. The fraction of sp³-hybridized carbons (Fsp3) is 0.588. The number of carbonyl (C=O) groups is 1. The Hall–Kier alpha value is -1.56. The van der Waals surface area contributed by atoms with Crippen LogP contribution in [0.25, 0.3) is 0 Å². The summed E-state index contributed by atoms with van der Waals surface area (Å²) in [5, 5.41) is 3.26. The van der Waals surface area contributed by atoms with Crippen LogP contribution in [0.5, 0.6) is 0 Å². The first-order chi connectivity index (χ1) is 10.9. The number of amides is 1. The van der Waals surface area contributed by atoms with Crippen molar-refractivity contribution in [3.05, 3.63) is 35.4 Å². The SMILES string of the molecule is CCN1C(=O)C2(CCCCC2)NC1c1ccccc1C(F)(F)F. The van der Waals surface area contributed by atoms with E-state index in [0.29, 0.717) is 19.4 Å². The van der Waals surface area contributed by atoms with Crippen molar-refractivity contribution in [2.75, 3.05) is 6.54 Å². The van der Waals surface area contributed by atoms with Crippen LogP contribution in [0.2, 0.25) is 0 Å². The first-order valence-corrected chi connectivity index (χ1v) is 8.14. The second-order valence-electron chi connectivity index (χ2n) is 6.37. The molecule has 1 saturated carbocycles. The average Bonchev–Trinajstić information content (AvgIpc) is 2.80. The molecule has 1 aliphatic heterocycles. The normalized spacial score (nSPS) is 24.4. The zero-order valence-corrected chi connectivity index (χ0v) is 13.1. The summed E-state index contributed by atoms with van der Waals surface area (Å²) in [4.78, 5) is 14.4. The van der Waals surface area contributed by atoms with Crippen molar-refractivity contribution in [3.8, 4) is 0 Å². The summed E-state index contributed by atoms with van der Waals surface area (Å²) >= 11 is 0. The van der Waals surface area contributed by atoms with E-state index in [2.05, 4.69) is 5.32 Å². The van der Waals surface area contributed by atoms with Gasteiger partial charge >= 0.3 is 6.18 Å². The molecular formula is C17H21F3N2O. The van der Waals surface area contributed by atoms with E-state index in [-0.39, 0.29) is 11.5 Å². The lowest BCUT2D eigenvalue weighted by atomic mass is 9.81. The molecule has 1 atom stereocenters. The average molecular weight is 326 g/mol. The van der Waals surface area contributed by atoms with E-state index < -0.39 is 23.4 Å². The first-order valence-electron chi connectivity index (χ1n) is 8.14. The van der Waals surface area contributed by atoms with E-state index in [1.165, 1.54) is 12.1 Å². The Labute approximate surface area is 133 Å². The maximum Gasteiger partial charge on any atom is 0.416 e. The third-order valence-corrected chi connectivity index (χ3v) is 5.00. The molecule has 1 aliphatic carbocycles. The molecule has 1 aromatic rings. The van der Waals surface area contributed by atoms with Crippen LogP contribution >= 0.6 is 0 Å². The van der Waals surface area contributed by atoms with Gasteiger partial charge in [0.2, 0.25) is 5.91 Å². The molecule has 23 heavy (non-hydrogen) atoms. The van der Waals surface area contributed by atoms with Crippen LogP contribution in [0.15, 0.2) is 24.3 Å². The van der Waals surface area contributed by atoms with Gasteiger partial charge < -0.3 is 4.90 Å². The molecule has 1 aromatic carbocycles. The van der Waals surface area contributed by atoms with Crippen LogP contribution in [0.4, 0.5) is 13.2 Å². The minimum Gasteiger partial charge on any atom is -0.322 e. The second kappa shape index (κ2) is 5.82. The van der Waals surface area contributed by atoms with Crippen LogP contribution in [-0.4, -0.2) is 22.9 Å². The quantitative estimate of drug-likeness (QED) is 0.895. The summed E-state index contributed by atoms with van der Waals surface area (Å²) < 4.78 is 40.0. The highest BCUT2D eigenvalue weighted by Gasteiger charge is 2.52. The van der Waals surface area contributed by atoms with Crippen LogP contribution in [0, 0.1) is 0 Å². The van der Waals surface area contributed by atoms with Crippen molar-refractivity contribution in [2.45, 2.75) is 56.9 Å². The molecule has 0 radical (unpaired) electrons. The summed E-state index contributed by atoms with van der Waals surface area (Å²) in [5.41, 5.74) is -1.22. The van der Waals surface area contributed by atoms with E-state index in [1.807, 2.05) is 6.92 Å². The minimum absolute atomic E-state index is 0.0540. The summed E-state index contributed by atoms with van der Waals surface area (Å²) in [5.74, 6) is -0.0540. The van der Waals surface area contributed by atoms with E-state index >= 15 is 0 Å². The number of rotatable bonds is 2. The monoisotopic (exact) mass is 326 g/mol. The molecule has 1 amide bonds. The van der Waals surface area contributed by atoms with E-state index in [9.17, 15) is 18.0 Å². The molecule has 3 nitrogen and oxygen atoms in total. The number of hydrogen-bond donors (Lipinski definition) is 1. The molecule has 6 heteroatoms. The summed E-state index contributed by atoms with van der Waals surface area (Å²) in [6.45, 7) is 2.20. The summed E-state index contributed by atoms with van der Waals surface area (Å²) in [6.07, 6.45) is -0.785. The lowest BCUT2D eigenvalue weighted by Gasteiger charge is -2.31. The maximum absolute atomic E-state index is 13.3.